The summed E-state index contributed by atoms with van der Waals surface area (Å²) in [6.45, 7) is 6.55. The van der Waals surface area contributed by atoms with E-state index in [1.54, 1.807) is 6.20 Å². The van der Waals surface area contributed by atoms with E-state index in [9.17, 15) is 0 Å². The van der Waals surface area contributed by atoms with Crippen LogP contribution in [0, 0.1) is 0 Å². The van der Waals surface area contributed by atoms with Crippen LogP contribution in [0.4, 0.5) is 0 Å². The first-order valence-corrected chi connectivity index (χ1v) is 6.57. The van der Waals surface area contributed by atoms with Gasteiger partial charge in [0.25, 0.3) is 0 Å². The standard InChI is InChI=1S/C14H18N4O/c1-10(2)19-13-3-11(4-15-6-13)8-18-9-12-5-16-7-14(12)17-18/h3-4,6,9-10,16H,5,7-8H2,1-2H3. The maximum Gasteiger partial charge on any atom is 0.138 e. The van der Waals surface area contributed by atoms with Gasteiger partial charge in [0.1, 0.15) is 5.75 Å². The monoisotopic (exact) mass is 258 g/mol. The first-order chi connectivity index (χ1) is 9.20. The number of ether oxygens (including phenoxy) is 1. The lowest BCUT2D eigenvalue weighted by Crippen LogP contribution is -2.08. The van der Waals surface area contributed by atoms with Gasteiger partial charge >= 0.3 is 0 Å². The lowest BCUT2D eigenvalue weighted by atomic mass is 10.2. The molecule has 0 aliphatic carbocycles. The van der Waals surface area contributed by atoms with Crippen LogP contribution in [0.25, 0.3) is 0 Å². The third-order valence-corrected chi connectivity index (χ3v) is 3.02. The van der Waals surface area contributed by atoms with Crippen LogP contribution in [0.5, 0.6) is 5.75 Å². The molecule has 1 aliphatic heterocycles. The molecule has 1 aliphatic rings. The molecule has 100 valence electrons. The third kappa shape index (κ3) is 2.76. The van der Waals surface area contributed by atoms with Gasteiger partial charge in [0, 0.05) is 31.0 Å². The molecule has 0 unspecified atom stereocenters. The molecule has 0 radical (unpaired) electrons. The highest BCUT2D eigenvalue weighted by Gasteiger charge is 2.14. The quantitative estimate of drug-likeness (QED) is 0.907. The van der Waals surface area contributed by atoms with Gasteiger partial charge in [-0.3, -0.25) is 9.67 Å². The highest BCUT2D eigenvalue weighted by Crippen LogP contribution is 2.16. The van der Waals surface area contributed by atoms with E-state index in [4.69, 9.17) is 4.74 Å². The molecular formula is C14H18N4O. The number of fused-ring (bicyclic) bond motifs is 1. The summed E-state index contributed by atoms with van der Waals surface area (Å²) in [6.07, 6.45) is 5.87. The fourth-order valence-electron chi connectivity index (χ4n) is 2.27. The van der Waals surface area contributed by atoms with E-state index in [1.807, 2.05) is 30.8 Å². The molecule has 1 N–H and O–H groups in total. The van der Waals surface area contributed by atoms with Gasteiger partial charge in [-0.05, 0) is 25.5 Å². The Kier molecular flexibility index (Phi) is 3.21. The van der Waals surface area contributed by atoms with E-state index in [-0.39, 0.29) is 6.10 Å². The Morgan fingerprint density at radius 1 is 1.37 bits per heavy atom. The number of nitrogens with zero attached hydrogens (tertiary/aromatic N) is 3. The van der Waals surface area contributed by atoms with Crippen LogP contribution in [0.15, 0.2) is 24.7 Å². The summed E-state index contributed by atoms with van der Waals surface area (Å²) in [6, 6.07) is 2.03. The third-order valence-electron chi connectivity index (χ3n) is 3.02. The number of pyridine rings is 1. The largest absolute Gasteiger partial charge is 0.489 e. The molecule has 0 saturated heterocycles. The Morgan fingerprint density at radius 2 is 2.26 bits per heavy atom. The van der Waals surface area contributed by atoms with Crippen LogP contribution in [-0.4, -0.2) is 20.9 Å². The second-order valence-electron chi connectivity index (χ2n) is 5.10. The first kappa shape index (κ1) is 12.2. The molecule has 0 amide bonds. The minimum absolute atomic E-state index is 0.164. The van der Waals surface area contributed by atoms with Crippen LogP contribution >= 0.6 is 0 Å². The van der Waals surface area contributed by atoms with E-state index in [1.165, 1.54) is 5.56 Å². The van der Waals surface area contributed by atoms with Crippen molar-refractivity contribution >= 4 is 0 Å². The van der Waals surface area contributed by atoms with E-state index >= 15 is 0 Å². The van der Waals surface area contributed by atoms with E-state index in [2.05, 4.69) is 21.6 Å². The van der Waals surface area contributed by atoms with Crippen molar-refractivity contribution in [1.82, 2.24) is 20.1 Å². The molecule has 0 aromatic carbocycles. The highest BCUT2D eigenvalue weighted by atomic mass is 16.5. The van der Waals surface area contributed by atoms with Gasteiger partial charge in [0.15, 0.2) is 0 Å². The van der Waals surface area contributed by atoms with Crippen molar-refractivity contribution in [2.24, 2.45) is 0 Å². The fraction of sp³-hybridized carbons (Fsp3) is 0.429. The maximum absolute atomic E-state index is 5.65. The number of hydrogen-bond acceptors (Lipinski definition) is 4. The van der Waals surface area contributed by atoms with Gasteiger partial charge in [-0.15, -0.1) is 0 Å². The van der Waals surface area contributed by atoms with Crippen molar-refractivity contribution < 1.29 is 4.74 Å². The Balaban J connectivity index is 1.75. The summed E-state index contributed by atoms with van der Waals surface area (Å²) < 4.78 is 7.63. The van der Waals surface area contributed by atoms with Gasteiger partial charge in [-0.25, -0.2) is 0 Å². The van der Waals surface area contributed by atoms with Gasteiger partial charge in [0.2, 0.25) is 0 Å². The molecule has 2 aromatic heterocycles. The fourth-order valence-corrected chi connectivity index (χ4v) is 2.27. The zero-order valence-corrected chi connectivity index (χ0v) is 11.3. The molecule has 2 aromatic rings. The van der Waals surface area contributed by atoms with Crippen molar-refractivity contribution in [1.29, 1.82) is 0 Å². The molecule has 0 saturated carbocycles. The Morgan fingerprint density at radius 3 is 3.05 bits per heavy atom. The normalized spacial score (nSPS) is 13.8. The van der Waals surface area contributed by atoms with E-state index in [0.29, 0.717) is 0 Å². The van der Waals surface area contributed by atoms with Crippen molar-refractivity contribution in [3.05, 3.63) is 41.5 Å². The van der Waals surface area contributed by atoms with E-state index < -0.39 is 0 Å². The molecular weight excluding hydrogens is 240 g/mol. The van der Waals surface area contributed by atoms with Crippen LogP contribution < -0.4 is 10.1 Å². The van der Waals surface area contributed by atoms with Gasteiger partial charge in [-0.2, -0.15) is 5.10 Å². The Bertz CT molecular complexity index is 555. The van der Waals surface area contributed by atoms with Gasteiger partial charge in [0.05, 0.1) is 24.5 Å². The SMILES string of the molecule is CC(C)Oc1cncc(Cn2cc3c(n2)CNC3)c1. The molecule has 0 atom stereocenters. The molecule has 0 bridgehead atoms. The summed E-state index contributed by atoms with van der Waals surface area (Å²) in [5.41, 5.74) is 3.55. The Labute approximate surface area is 112 Å². The average Bonchev–Trinajstić information content (AvgIpc) is 2.89. The number of hydrogen-bond donors (Lipinski definition) is 1. The minimum atomic E-state index is 0.164. The predicted molar refractivity (Wildman–Crippen MR) is 71.9 cm³/mol. The highest BCUT2D eigenvalue weighted by molar-refractivity contribution is 5.25. The molecule has 3 heterocycles. The van der Waals surface area contributed by atoms with Crippen LogP contribution in [0.3, 0.4) is 0 Å². The Hall–Kier alpha value is -1.88. The van der Waals surface area contributed by atoms with Crippen molar-refractivity contribution in [3.8, 4) is 5.75 Å². The van der Waals surface area contributed by atoms with Crippen LogP contribution in [-0.2, 0) is 19.6 Å². The first-order valence-electron chi connectivity index (χ1n) is 6.57. The summed E-state index contributed by atoms with van der Waals surface area (Å²) in [5, 5.41) is 7.84. The summed E-state index contributed by atoms with van der Waals surface area (Å²) in [7, 11) is 0. The number of nitrogens with one attached hydrogen (secondary N) is 1. The maximum atomic E-state index is 5.65. The molecule has 5 nitrogen and oxygen atoms in total. The lowest BCUT2D eigenvalue weighted by Gasteiger charge is -2.10. The van der Waals surface area contributed by atoms with Crippen LogP contribution in [0.1, 0.15) is 30.7 Å². The van der Waals surface area contributed by atoms with Gasteiger partial charge < -0.3 is 10.1 Å². The predicted octanol–water partition coefficient (Wildman–Crippen LogP) is 1.72. The molecule has 0 fully saturated rings. The summed E-state index contributed by atoms with van der Waals surface area (Å²) in [4.78, 5) is 4.22. The van der Waals surface area contributed by atoms with Crippen LogP contribution in [0.2, 0.25) is 0 Å². The molecule has 0 spiro atoms. The molecule has 3 rings (SSSR count). The smallest absolute Gasteiger partial charge is 0.138 e. The molecule has 5 heteroatoms. The van der Waals surface area contributed by atoms with Crippen molar-refractivity contribution in [2.75, 3.05) is 0 Å². The van der Waals surface area contributed by atoms with E-state index in [0.717, 1.165) is 36.6 Å². The number of aromatic nitrogens is 3. The van der Waals surface area contributed by atoms with Crippen molar-refractivity contribution in [3.63, 3.8) is 0 Å². The zero-order chi connectivity index (χ0) is 13.2. The van der Waals surface area contributed by atoms with Gasteiger partial charge in [-0.1, -0.05) is 0 Å². The molecule has 19 heavy (non-hydrogen) atoms. The lowest BCUT2D eigenvalue weighted by molar-refractivity contribution is 0.241. The van der Waals surface area contributed by atoms with Crippen molar-refractivity contribution in [2.45, 2.75) is 39.6 Å². The second-order valence-corrected chi connectivity index (χ2v) is 5.10. The number of rotatable bonds is 4. The summed E-state index contributed by atoms with van der Waals surface area (Å²) >= 11 is 0. The average molecular weight is 258 g/mol. The second kappa shape index (κ2) is 5.01. The zero-order valence-electron chi connectivity index (χ0n) is 11.3. The topological polar surface area (TPSA) is 52.0 Å². The minimum Gasteiger partial charge on any atom is -0.489 e. The summed E-state index contributed by atoms with van der Waals surface area (Å²) in [5.74, 6) is 0.814.